The number of amides is 4. The number of hydrazine groups is 1. The van der Waals surface area contributed by atoms with E-state index in [2.05, 4.69) is 5.43 Å². The van der Waals surface area contributed by atoms with Crippen LogP contribution in [-0.4, -0.2) is 40.9 Å². The molecule has 6 atom stereocenters. The van der Waals surface area contributed by atoms with E-state index in [9.17, 15) is 50.2 Å². The van der Waals surface area contributed by atoms with E-state index in [4.69, 9.17) is 16.3 Å². The molecule has 8 rings (SSSR count). The first-order chi connectivity index (χ1) is 28.3. The molecule has 2 N–H and O–H groups in total. The molecule has 2 saturated heterocycles. The molecule has 0 aromatic heterocycles. The van der Waals surface area contributed by atoms with Gasteiger partial charge < -0.3 is 9.84 Å². The molecule has 0 bridgehead atoms. The van der Waals surface area contributed by atoms with Gasteiger partial charge in [-0.2, -0.15) is 31.4 Å². The number of phenolic OH excluding ortho intramolecular Hbond substituents is 1. The Kier molecular flexibility index (Phi) is 9.84. The van der Waals surface area contributed by atoms with Crippen molar-refractivity contribution in [3.63, 3.8) is 0 Å². The Bertz CT molecular complexity index is 2470. The molecule has 9 nitrogen and oxygen atoms in total. The minimum absolute atomic E-state index is 0.103. The predicted molar refractivity (Wildman–Crippen MR) is 202 cm³/mol. The van der Waals surface area contributed by atoms with Gasteiger partial charge in [-0.3, -0.25) is 24.6 Å². The van der Waals surface area contributed by atoms with Crippen molar-refractivity contribution in [3.8, 4) is 11.5 Å². The Labute approximate surface area is 341 Å². The summed E-state index contributed by atoms with van der Waals surface area (Å²) in [6.45, 7) is 0. The van der Waals surface area contributed by atoms with Crippen molar-refractivity contribution in [2.75, 3.05) is 17.4 Å². The summed E-state index contributed by atoms with van der Waals surface area (Å²) < 4.78 is 103. The van der Waals surface area contributed by atoms with Crippen molar-refractivity contribution in [2.45, 2.75) is 30.6 Å². The molecule has 310 valence electrons. The van der Waals surface area contributed by atoms with Crippen molar-refractivity contribution in [1.29, 1.82) is 0 Å². The molecule has 0 radical (unpaired) electrons. The maximum absolute atomic E-state index is 15.2. The monoisotopic (exact) mass is 853 g/mol. The number of fused-ring (bicyclic) bond motifs is 4. The molecule has 1 saturated carbocycles. The topological polar surface area (TPSA) is 116 Å². The molecule has 2 aliphatic carbocycles. The molecule has 4 amide bonds. The van der Waals surface area contributed by atoms with Crippen LogP contribution in [0.15, 0.2) is 103 Å². The van der Waals surface area contributed by atoms with E-state index < -0.39 is 93.6 Å². The number of phenols is 1. The van der Waals surface area contributed by atoms with E-state index in [1.165, 1.54) is 43.5 Å². The first-order valence-electron chi connectivity index (χ1n) is 18.4. The predicted octanol–water partition coefficient (Wildman–Crippen LogP) is 8.97. The fourth-order valence-corrected chi connectivity index (χ4v) is 9.35. The number of halogens is 8. The molecule has 2 heterocycles. The Balaban J connectivity index is 1.29. The van der Waals surface area contributed by atoms with Gasteiger partial charge in [-0.25, -0.2) is 9.29 Å². The summed E-state index contributed by atoms with van der Waals surface area (Å²) >= 11 is 6.30. The van der Waals surface area contributed by atoms with Crippen LogP contribution in [0.5, 0.6) is 11.5 Å². The number of rotatable bonds is 7. The second-order valence-corrected chi connectivity index (χ2v) is 15.4. The smallest absolute Gasteiger partial charge is 0.416 e. The van der Waals surface area contributed by atoms with E-state index >= 15 is 4.79 Å². The van der Waals surface area contributed by atoms with Gasteiger partial charge in [-0.05, 0) is 96.6 Å². The van der Waals surface area contributed by atoms with Crippen LogP contribution in [0.4, 0.5) is 42.1 Å². The third kappa shape index (κ3) is 6.57. The van der Waals surface area contributed by atoms with Gasteiger partial charge in [0.2, 0.25) is 11.8 Å². The molecular weight excluding hydrogens is 823 g/mol. The summed E-state index contributed by atoms with van der Waals surface area (Å²) in [6.07, 6.45) is -6.06. The molecule has 2 aliphatic heterocycles. The van der Waals surface area contributed by atoms with Crippen LogP contribution in [0, 0.1) is 35.4 Å². The van der Waals surface area contributed by atoms with Gasteiger partial charge in [-0.15, -0.1) is 0 Å². The number of aromatic hydroxyl groups is 1. The number of carbonyl (C=O) groups is 4. The van der Waals surface area contributed by atoms with Crippen LogP contribution in [0.1, 0.15) is 35.1 Å². The second kappa shape index (κ2) is 14.5. The summed E-state index contributed by atoms with van der Waals surface area (Å²) in [5, 5.41) is 11.4. The average Bonchev–Trinajstić information content (AvgIpc) is 3.58. The van der Waals surface area contributed by atoms with Gasteiger partial charge in [0, 0.05) is 10.9 Å². The Morgan fingerprint density at radius 3 is 2.10 bits per heavy atom. The highest BCUT2D eigenvalue weighted by molar-refractivity contribution is 6.30. The molecule has 17 heteroatoms. The number of hydrogen-bond acceptors (Lipinski definition) is 7. The first kappa shape index (κ1) is 40.6. The van der Waals surface area contributed by atoms with Crippen LogP contribution in [-0.2, 0) is 36.9 Å². The number of nitrogens with zero attached hydrogens (tertiary/aromatic N) is 2. The van der Waals surface area contributed by atoms with Crippen LogP contribution in [0.25, 0.3) is 6.08 Å². The minimum atomic E-state index is -5.26. The maximum atomic E-state index is 15.2. The fraction of sp³-hybridized carbons (Fsp3) is 0.256. The number of anilines is 2. The lowest BCUT2D eigenvalue weighted by atomic mass is 9.50. The zero-order chi connectivity index (χ0) is 43.1. The Morgan fingerprint density at radius 2 is 1.48 bits per heavy atom. The summed E-state index contributed by atoms with van der Waals surface area (Å²) in [4.78, 5) is 58.9. The number of allylic oxidation sites excluding steroid dienone is 3. The number of benzene rings is 4. The highest BCUT2D eigenvalue weighted by Crippen LogP contribution is 2.62. The maximum Gasteiger partial charge on any atom is 0.416 e. The van der Waals surface area contributed by atoms with E-state index in [1.54, 1.807) is 36.4 Å². The highest BCUT2D eigenvalue weighted by atomic mass is 35.5. The molecule has 0 spiro atoms. The summed E-state index contributed by atoms with van der Waals surface area (Å²) in [7, 11) is 1.34. The van der Waals surface area contributed by atoms with Crippen LogP contribution < -0.4 is 15.1 Å². The summed E-state index contributed by atoms with van der Waals surface area (Å²) in [6, 6.07) is 16.0. The molecule has 4 aromatic carbocycles. The van der Waals surface area contributed by atoms with E-state index in [0.29, 0.717) is 38.8 Å². The van der Waals surface area contributed by atoms with Crippen molar-refractivity contribution in [3.05, 3.63) is 136 Å². The number of nitrogens with one attached hydrogen (secondary N) is 1. The number of ether oxygens (including phenoxy) is 1. The summed E-state index contributed by atoms with van der Waals surface area (Å²) in [5.41, 5.74) is -1.89. The van der Waals surface area contributed by atoms with Crippen molar-refractivity contribution >= 4 is 52.7 Å². The summed E-state index contributed by atoms with van der Waals surface area (Å²) in [5.74, 6) is -10.2. The molecule has 4 aliphatic rings. The van der Waals surface area contributed by atoms with Gasteiger partial charge >= 0.3 is 12.4 Å². The highest BCUT2D eigenvalue weighted by Gasteiger charge is 2.69. The largest absolute Gasteiger partial charge is 0.504 e. The number of imide groups is 2. The van der Waals surface area contributed by atoms with Gasteiger partial charge in [-0.1, -0.05) is 53.6 Å². The SMILES string of the molecule is COc1cc(C=CC2C3=CCC4C(=O)N(c5cc(C(F)(F)F)cc(C(F)(F)F)c5)C(=O)C4C3CC3C(=O)N(Nc4ccc(F)cc4)C(=O)C23c2ccc(Cl)cc2)ccc1O. The zero-order valence-corrected chi connectivity index (χ0v) is 31.8. The van der Waals surface area contributed by atoms with E-state index in [0.717, 1.165) is 17.1 Å². The first-order valence-corrected chi connectivity index (χ1v) is 18.8. The van der Waals surface area contributed by atoms with Gasteiger partial charge in [0.1, 0.15) is 5.82 Å². The number of alkyl halides is 6. The number of methoxy groups -OCH3 is 1. The standard InChI is InChI=1S/C43H31ClF7N3O6/c1-60-35-16-21(3-15-34(35)55)2-14-32-29-12-13-30-36(39(58)53(37(30)56)28-18-23(42(46,47)48)17-24(19-28)43(49,50)51)31(29)20-33-38(57)54(52-27-10-8-26(45)9-11-27)40(59)41(32,33)22-4-6-25(44)7-5-22/h2-12,14-19,30-33,36,52,55H,13,20H2,1H3. The van der Waals surface area contributed by atoms with Gasteiger partial charge in [0.05, 0.1) is 52.8 Å². The third-order valence-electron chi connectivity index (χ3n) is 11.8. The number of hydrogen-bond donors (Lipinski definition) is 2. The minimum Gasteiger partial charge on any atom is -0.504 e. The molecule has 4 aromatic rings. The Hall–Kier alpha value is -6.16. The van der Waals surface area contributed by atoms with Crippen molar-refractivity contribution < 1.29 is 59.8 Å². The van der Waals surface area contributed by atoms with Crippen LogP contribution in [0.3, 0.4) is 0 Å². The van der Waals surface area contributed by atoms with Gasteiger partial charge in [0.15, 0.2) is 11.5 Å². The lowest BCUT2D eigenvalue weighted by molar-refractivity contribution is -0.143. The molecule has 60 heavy (non-hydrogen) atoms. The second-order valence-electron chi connectivity index (χ2n) is 15.0. The zero-order valence-electron chi connectivity index (χ0n) is 31.0. The third-order valence-corrected chi connectivity index (χ3v) is 12.1. The van der Waals surface area contributed by atoms with Gasteiger partial charge in [0.25, 0.3) is 11.8 Å². The van der Waals surface area contributed by atoms with Crippen molar-refractivity contribution in [1.82, 2.24) is 5.01 Å². The normalized spacial score (nSPS) is 25.4. The Morgan fingerprint density at radius 1 is 0.833 bits per heavy atom. The lowest BCUT2D eigenvalue weighted by Crippen LogP contribution is -2.54. The fourth-order valence-electron chi connectivity index (χ4n) is 9.23. The molecule has 6 unspecified atom stereocenters. The number of carbonyl (C=O) groups excluding carboxylic acids is 4. The molecule has 3 fully saturated rings. The lowest BCUT2D eigenvalue weighted by Gasteiger charge is -2.49. The average molecular weight is 854 g/mol. The van der Waals surface area contributed by atoms with E-state index in [1.807, 2.05) is 0 Å². The molecular formula is C43H31ClF7N3O6. The van der Waals surface area contributed by atoms with E-state index in [-0.39, 0.29) is 36.1 Å². The van der Waals surface area contributed by atoms with Crippen LogP contribution >= 0.6 is 11.6 Å². The quantitative estimate of drug-likeness (QED) is 0.108. The van der Waals surface area contributed by atoms with Crippen molar-refractivity contribution in [2.24, 2.45) is 29.6 Å². The van der Waals surface area contributed by atoms with Crippen LogP contribution in [0.2, 0.25) is 5.02 Å².